The molecule has 0 unspecified atom stereocenters. The van der Waals surface area contributed by atoms with Crippen LogP contribution in [0.3, 0.4) is 0 Å². The molecule has 1 aliphatic rings. The number of carbonyl (C=O) groups excluding carboxylic acids is 2. The lowest BCUT2D eigenvalue weighted by Gasteiger charge is -2.38. The number of rotatable bonds is 3. The van der Waals surface area contributed by atoms with Crippen molar-refractivity contribution in [3.8, 4) is 0 Å². The van der Waals surface area contributed by atoms with Crippen LogP contribution in [0.2, 0.25) is 0 Å². The molecule has 2 amide bonds. The highest BCUT2D eigenvalue weighted by molar-refractivity contribution is 5.96. The van der Waals surface area contributed by atoms with Crippen molar-refractivity contribution in [3.05, 3.63) is 23.9 Å². The summed E-state index contributed by atoms with van der Waals surface area (Å²) in [5, 5.41) is 2.88. The van der Waals surface area contributed by atoms with Crippen molar-refractivity contribution < 1.29 is 9.59 Å². The van der Waals surface area contributed by atoms with E-state index in [0.29, 0.717) is 17.3 Å². The zero-order valence-electron chi connectivity index (χ0n) is 14.7. The topological polar surface area (TPSA) is 62.3 Å². The number of amides is 2. The van der Waals surface area contributed by atoms with Gasteiger partial charge in [0.15, 0.2) is 0 Å². The van der Waals surface area contributed by atoms with Crippen molar-refractivity contribution in [2.24, 2.45) is 17.3 Å². The largest absolute Gasteiger partial charge is 0.345 e. The smallest absolute Gasteiger partial charge is 0.253 e. The first kappa shape index (κ1) is 17.4. The fourth-order valence-electron chi connectivity index (χ4n) is 3.66. The lowest BCUT2D eigenvalue weighted by molar-refractivity contribution is -0.122. The molecule has 5 heteroatoms. The molecule has 23 heavy (non-hydrogen) atoms. The molecular formula is C18H27N3O2. The normalized spacial score (nSPS) is 23.2. The molecule has 1 fully saturated rings. The van der Waals surface area contributed by atoms with Gasteiger partial charge >= 0.3 is 0 Å². The second-order valence-electron chi connectivity index (χ2n) is 7.73. The van der Waals surface area contributed by atoms with E-state index in [9.17, 15) is 9.59 Å². The molecule has 1 aromatic rings. The standard InChI is InChI=1S/C18H27N3O2/c1-12-8-14(11-18(2,3)10-12)16(22)20-15-9-13(6-7-19-15)17(23)21(4)5/h6-7,9,12,14H,8,10-11H2,1-5H3,(H,19,20,22)/t12-,14-/m1/s1. The minimum Gasteiger partial charge on any atom is -0.345 e. The third kappa shape index (κ3) is 4.53. The predicted molar refractivity (Wildman–Crippen MR) is 91.2 cm³/mol. The molecule has 0 aromatic carbocycles. The van der Waals surface area contributed by atoms with Crippen molar-refractivity contribution in [2.75, 3.05) is 19.4 Å². The molecule has 2 rings (SSSR count). The zero-order valence-corrected chi connectivity index (χ0v) is 14.7. The van der Waals surface area contributed by atoms with Crippen molar-refractivity contribution in [1.82, 2.24) is 9.88 Å². The van der Waals surface area contributed by atoms with Gasteiger partial charge in [0.2, 0.25) is 5.91 Å². The van der Waals surface area contributed by atoms with Gasteiger partial charge in [0.05, 0.1) is 0 Å². The minimum absolute atomic E-state index is 0.00348. The van der Waals surface area contributed by atoms with E-state index in [4.69, 9.17) is 0 Å². The quantitative estimate of drug-likeness (QED) is 0.931. The van der Waals surface area contributed by atoms with E-state index in [1.165, 1.54) is 4.90 Å². The number of pyridine rings is 1. The summed E-state index contributed by atoms with van der Waals surface area (Å²) in [5.74, 6) is 0.897. The highest BCUT2D eigenvalue weighted by atomic mass is 16.2. The monoisotopic (exact) mass is 317 g/mol. The summed E-state index contributed by atoms with van der Waals surface area (Å²) in [6.07, 6.45) is 4.51. The van der Waals surface area contributed by atoms with Gasteiger partial charge in [-0.15, -0.1) is 0 Å². The molecule has 0 aliphatic heterocycles. The van der Waals surface area contributed by atoms with E-state index in [1.807, 2.05) is 0 Å². The van der Waals surface area contributed by atoms with Crippen molar-refractivity contribution in [2.45, 2.75) is 40.0 Å². The number of hydrogen-bond donors (Lipinski definition) is 1. The predicted octanol–water partition coefficient (Wildman–Crippen LogP) is 3.18. The van der Waals surface area contributed by atoms with E-state index in [0.717, 1.165) is 19.3 Å². The lowest BCUT2D eigenvalue weighted by atomic mass is 9.68. The number of nitrogens with zero attached hydrogens (tertiary/aromatic N) is 2. The molecule has 2 atom stereocenters. The van der Waals surface area contributed by atoms with Crippen LogP contribution in [0.4, 0.5) is 5.82 Å². The van der Waals surface area contributed by atoms with Crippen LogP contribution < -0.4 is 5.32 Å². The maximum Gasteiger partial charge on any atom is 0.253 e. The summed E-state index contributed by atoms with van der Waals surface area (Å²) in [5.41, 5.74) is 0.716. The first-order chi connectivity index (χ1) is 10.7. The second-order valence-corrected chi connectivity index (χ2v) is 7.73. The van der Waals surface area contributed by atoms with E-state index in [1.54, 1.807) is 32.4 Å². The lowest BCUT2D eigenvalue weighted by Crippen LogP contribution is -2.35. The van der Waals surface area contributed by atoms with Gasteiger partial charge in [-0.25, -0.2) is 4.98 Å². The Morgan fingerprint density at radius 1 is 1.30 bits per heavy atom. The van der Waals surface area contributed by atoms with Crippen LogP contribution in [-0.2, 0) is 4.79 Å². The highest BCUT2D eigenvalue weighted by Crippen LogP contribution is 2.41. The second kappa shape index (κ2) is 6.69. The molecule has 0 radical (unpaired) electrons. The molecule has 126 valence electrons. The summed E-state index contributed by atoms with van der Waals surface area (Å²) in [7, 11) is 3.40. The first-order valence-electron chi connectivity index (χ1n) is 8.16. The third-order valence-corrected chi connectivity index (χ3v) is 4.42. The van der Waals surface area contributed by atoms with Crippen LogP contribution in [0.1, 0.15) is 50.4 Å². The van der Waals surface area contributed by atoms with E-state index in [-0.39, 0.29) is 23.1 Å². The summed E-state index contributed by atoms with van der Waals surface area (Å²) in [6, 6.07) is 3.29. The van der Waals surface area contributed by atoms with E-state index >= 15 is 0 Å². The number of nitrogens with one attached hydrogen (secondary N) is 1. The Labute approximate surface area is 138 Å². The Balaban J connectivity index is 2.08. The van der Waals surface area contributed by atoms with E-state index < -0.39 is 0 Å². The summed E-state index contributed by atoms with van der Waals surface area (Å²) in [4.78, 5) is 30.2. The van der Waals surface area contributed by atoms with Crippen molar-refractivity contribution >= 4 is 17.6 Å². The van der Waals surface area contributed by atoms with Gasteiger partial charge < -0.3 is 10.2 Å². The average Bonchev–Trinajstić information content (AvgIpc) is 2.44. The summed E-state index contributed by atoms with van der Waals surface area (Å²) >= 11 is 0. The van der Waals surface area contributed by atoms with Gasteiger partial charge in [0, 0.05) is 31.8 Å². The van der Waals surface area contributed by atoms with Crippen LogP contribution in [0, 0.1) is 17.3 Å². The fraction of sp³-hybridized carbons (Fsp3) is 0.611. The van der Waals surface area contributed by atoms with Gasteiger partial charge in [-0.2, -0.15) is 0 Å². The van der Waals surface area contributed by atoms with Gasteiger partial charge in [-0.3, -0.25) is 9.59 Å². The Morgan fingerprint density at radius 2 is 2.00 bits per heavy atom. The molecule has 1 saturated carbocycles. The van der Waals surface area contributed by atoms with Crippen LogP contribution in [0.5, 0.6) is 0 Å². The molecule has 0 bridgehead atoms. The SMILES string of the molecule is C[C@@H]1C[C@@H](C(=O)Nc2cc(C(=O)N(C)C)ccn2)CC(C)(C)C1. The molecule has 1 aliphatic carbocycles. The molecular weight excluding hydrogens is 290 g/mol. The Bertz CT molecular complexity index is 596. The Kier molecular flexibility index (Phi) is 5.07. The van der Waals surface area contributed by atoms with Crippen LogP contribution in [0.15, 0.2) is 18.3 Å². The van der Waals surface area contributed by atoms with Crippen LogP contribution >= 0.6 is 0 Å². The zero-order chi connectivity index (χ0) is 17.2. The summed E-state index contributed by atoms with van der Waals surface area (Å²) < 4.78 is 0. The van der Waals surface area contributed by atoms with Crippen molar-refractivity contribution in [3.63, 3.8) is 0 Å². The van der Waals surface area contributed by atoms with Gasteiger partial charge in [-0.05, 0) is 42.7 Å². The maximum atomic E-state index is 12.6. The Hall–Kier alpha value is -1.91. The Morgan fingerprint density at radius 3 is 2.61 bits per heavy atom. The number of carbonyl (C=O) groups is 2. The fourth-order valence-corrected chi connectivity index (χ4v) is 3.66. The highest BCUT2D eigenvalue weighted by Gasteiger charge is 2.35. The molecule has 0 saturated heterocycles. The average molecular weight is 317 g/mol. The van der Waals surface area contributed by atoms with E-state index in [2.05, 4.69) is 31.1 Å². The van der Waals surface area contributed by atoms with Gasteiger partial charge in [-0.1, -0.05) is 20.8 Å². The number of aromatic nitrogens is 1. The molecule has 1 N–H and O–H groups in total. The molecule has 1 aromatic heterocycles. The van der Waals surface area contributed by atoms with Gasteiger partial charge in [0.25, 0.3) is 5.91 Å². The molecule has 1 heterocycles. The third-order valence-electron chi connectivity index (χ3n) is 4.42. The first-order valence-corrected chi connectivity index (χ1v) is 8.16. The number of hydrogen-bond acceptors (Lipinski definition) is 3. The van der Waals surface area contributed by atoms with Crippen LogP contribution in [0.25, 0.3) is 0 Å². The molecule has 0 spiro atoms. The number of anilines is 1. The minimum atomic E-state index is -0.102. The van der Waals surface area contributed by atoms with Crippen molar-refractivity contribution in [1.29, 1.82) is 0 Å². The maximum absolute atomic E-state index is 12.6. The molecule has 5 nitrogen and oxygen atoms in total. The van der Waals surface area contributed by atoms with Crippen LogP contribution in [-0.4, -0.2) is 35.8 Å². The van der Waals surface area contributed by atoms with Gasteiger partial charge in [0.1, 0.15) is 5.82 Å². The summed E-state index contributed by atoms with van der Waals surface area (Å²) in [6.45, 7) is 6.64.